The zero-order chi connectivity index (χ0) is 12.3. The second kappa shape index (κ2) is 5.78. The van der Waals surface area contributed by atoms with E-state index in [4.69, 9.17) is 0 Å². The van der Waals surface area contributed by atoms with E-state index in [2.05, 4.69) is 40.5 Å². The van der Waals surface area contributed by atoms with Crippen molar-refractivity contribution in [2.45, 2.75) is 51.6 Å². The average molecular weight is 254 g/mol. The maximum Gasteiger partial charge on any atom is 0.202 e. The Morgan fingerprint density at radius 2 is 2.35 bits per heavy atom. The quantitative estimate of drug-likeness (QED) is 0.895. The molecule has 0 radical (unpaired) electrons. The zero-order valence-electron chi connectivity index (χ0n) is 10.9. The number of hydrogen-bond acceptors (Lipinski definition) is 5. The van der Waals surface area contributed by atoms with Crippen LogP contribution < -0.4 is 5.32 Å². The molecule has 0 amide bonds. The van der Waals surface area contributed by atoms with Crippen molar-refractivity contribution in [3.05, 3.63) is 5.82 Å². The summed E-state index contributed by atoms with van der Waals surface area (Å²) in [6, 6.07) is 1.22. The normalized spacial score (nSPS) is 26.1. The van der Waals surface area contributed by atoms with Crippen LogP contribution in [0.15, 0.2) is 0 Å². The Hall–Kier alpha value is -0.680. The first-order chi connectivity index (χ1) is 8.19. The molecule has 0 aromatic carbocycles. The Morgan fingerprint density at radius 1 is 1.53 bits per heavy atom. The van der Waals surface area contributed by atoms with E-state index in [0.717, 1.165) is 23.8 Å². The van der Waals surface area contributed by atoms with E-state index < -0.39 is 0 Å². The summed E-state index contributed by atoms with van der Waals surface area (Å²) in [5, 5.41) is 4.52. The third kappa shape index (κ3) is 3.39. The second-order valence-electron chi connectivity index (χ2n) is 4.96. The molecule has 1 aromatic rings. The fourth-order valence-electron chi connectivity index (χ4n) is 2.23. The Morgan fingerprint density at radius 3 is 3.06 bits per heavy atom. The van der Waals surface area contributed by atoms with E-state index in [1.807, 2.05) is 0 Å². The van der Waals surface area contributed by atoms with E-state index in [1.54, 1.807) is 0 Å². The number of likely N-dealkylation sites (tertiary alicyclic amines) is 1. The Bertz CT molecular complexity index is 352. The zero-order valence-corrected chi connectivity index (χ0v) is 11.8. The van der Waals surface area contributed by atoms with Crippen LogP contribution in [0.5, 0.6) is 0 Å². The van der Waals surface area contributed by atoms with Crippen LogP contribution in [0.1, 0.15) is 38.9 Å². The van der Waals surface area contributed by atoms with Crippen LogP contribution in [0.25, 0.3) is 0 Å². The SMILES string of the molecule is CCCc1nsc(NC2CCN(C)C(C)C2)n1. The molecule has 1 fully saturated rings. The summed E-state index contributed by atoms with van der Waals surface area (Å²) in [7, 11) is 2.20. The van der Waals surface area contributed by atoms with Gasteiger partial charge in [-0.2, -0.15) is 4.37 Å². The maximum absolute atomic E-state index is 4.52. The van der Waals surface area contributed by atoms with Gasteiger partial charge in [0.25, 0.3) is 0 Å². The molecule has 1 aromatic heterocycles. The number of anilines is 1. The molecule has 17 heavy (non-hydrogen) atoms. The third-order valence-corrected chi connectivity index (χ3v) is 4.16. The average Bonchev–Trinajstić information content (AvgIpc) is 2.72. The number of aryl methyl sites for hydroxylation is 1. The molecule has 2 atom stereocenters. The van der Waals surface area contributed by atoms with Gasteiger partial charge in [0.2, 0.25) is 5.13 Å². The second-order valence-corrected chi connectivity index (χ2v) is 5.71. The molecule has 0 aliphatic carbocycles. The van der Waals surface area contributed by atoms with Gasteiger partial charge in [0.15, 0.2) is 0 Å². The van der Waals surface area contributed by atoms with Crippen LogP contribution in [0.3, 0.4) is 0 Å². The first-order valence-electron chi connectivity index (χ1n) is 6.48. The Kier molecular flexibility index (Phi) is 4.34. The number of aromatic nitrogens is 2. The highest BCUT2D eigenvalue weighted by atomic mass is 32.1. The monoisotopic (exact) mass is 254 g/mol. The number of nitrogens with zero attached hydrogens (tertiary/aromatic N) is 3. The van der Waals surface area contributed by atoms with Crippen LogP contribution in [-0.2, 0) is 6.42 Å². The van der Waals surface area contributed by atoms with Gasteiger partial charge in [0.05, 0.1) is 0 Å². The summed E-state index contributed by atoms with van der Waals surface area (Å²) in [5.41, 5.74) is 0. The van der Waals surface area contributed by atoms with E-state index >= 15 is 0 Å². The first kappa shape index (κ1) is 12.8. The van der Waals surface area contributed by atoms with E-state index in [9.17, 15) is 0 Å². The van der Waals surface area contributed by atoms with Crippen LogP contribution >= 0.6 is 11.5 Å². The van der Waals surface area contributed by atoms with Gasteiger partial charge in [-0.05, 0) is 33.2 Å². The Labute approximate surface area is 108 Å². The highest BCUT2D eigenvalue weighted by Crippen LogP contribution is 2.21. The summed E-state index contributed by atoms with van der Waals surface area (Å²) in [4.78, 5) is 6.94. The molecule has 0 spiro atoms. The van der Waals surface area contributed by atoms with Crippen molar-refractivity contribution in [2.75, 3.05) is 18.9 Å². The molecule has 1 N–H and O–H groups in total. The van der Waals surface area contributed by atoms with Crippen molar-refractivity contribution in [1.29, 1.82) is 0 Å². The van der Waals surface area contributed by atoms with Crippen LogP contribution in [0, 0.1) is 0 Å². The van der Waals surface area contributed by atoms with Gasteiger partial charge < -0.3 is 10.2 Å². The molecule has 2 unspecified atom stereocenters. The molecule has 96 valence electrons. The lowest BCUT2D eigenvalue weighted by Gasteiger charge is -2.35. The van der Waals surface area contributed by atoms with Crippen LogP contribution in [0.2, 0.25) is 0 Å². The number of rotatable bonds is 4. The van der Waals surface area contributed by atoms with Gasteiger partial charge in [0, 0.05) is 36.6 Å². The van der Waals surface area contributed by atoms with Crippen molar-refractivity contribution < 1.29 is 0 Å². The molecule has 2 heterocycles. The highest BCUT2D eigenvalue weighted by Gasteiger charge is 2.23. The van der Waals surface area contributed by atoms with Gasteiger partial charge in [-0.1, -0.05) is 6.92 Å². The minimum atomic E-state index is 0.559. The third-order valence-electron chi connectivity index (χ3n) is 3.48. The minimum absolute atomic E-state index is 0.559. The molecular weight excluding hydrogens is 232 g/mol. The summed E-state index contributed by atoms with van der Waals surface area (Å²) in [6.07, 6.45) is 4.49. The highest BCUT2D eigenvalue weighted by molar-refractivity contribution is 7.09. The summed E-state index contributed by atoms with van der Waals surface area (Å²) >= 11 is 1.50. The topological polar surface area (TPSA) is 41.1 Å². The molecule has 2 rings (SSSR count). The smallest absolute Gasteiger partial charge is 0.202 e. The predicted octanol–water partition coefficient (Wildman–Crippen LogP) is 2.39. The van der Waals surface area contributed by atoms with E-state index in [0.29, 0.717) is 12.1 Å². The molecule has 1 aliphatic heterocycles. The standard InChI is InChI=1S/C12H22N4S/c1-4-5-11-14-12(17-15-11)13-10-6-7-16(3)9(2)8-10/h9-10H,4-8H2,1-3H3,(H,13,14,15). The van der Waals surface area contributed by atoms with Gasteiger partial charge in [-0.3, -0.25) is 0 Å². The molecule has 0 saturated carbocycles. The van der Waals surface area contributed by atoms with Crippen molar-refractivity contribution in [3.8, 4) is 0 Å². The van der Waals surface area contributed by atoms with Crippen molar-refractivity contribution in [1.82, 2.24) is 14.3 Å². The van der Waals surface area contributed by atoms with E-state index in [-0.39, 0.29) is 0 Å². The maximum atomic E-state index is 4.52. The number of hydrogen-bond donors (Lipinski definition) is 1. The van der Waals surface area contributed by atoms with Gasteiger partial charge in [0.1, 0.15) is 5.82 Å². The van der Waals surface area contributed by atoms with Gasteiger partial charge in [-0.25, -0.2) is 4.98 Å². The van der Waals surface area contributed by atoms with Crippen molar-refractivity contribution in [3.63, 3.8) is 0 Å². The van der Waals surface area contributed by atoms with Crippen LogP contribution in [-0.4, -0.2) is 39.9 Å². The first-order valence-corrected chi connectivity index (χ1v) is 7.25. The molecule has 0 bridgehead atoms. The molecule has 1 aliphatic rings. The van der Waals surface area contributed by atoms with Crippen molar-refractivity contribution in [2.24, 2.45) is 0 Å². The molecule has 1 saturated heterocycles. The van der Waals surface area contributed by atoms with Gasteiger partial charge >= 0.3 is 0 Å². The number of nitrogens with one attached hydrogen (secondary N) is 1. The lowest BCUT2D eigenvalue weighted by atomic mass is 9.99. The minimum Gasteiger partial charge on any atom is -0.357 e. The summed E-state index contributed by atoms with van der Waals surface area (Å²) < 4.78 is 4.36. The molecule has 5 heteroatoms. The summed E-state index contributed by atoms with van der Waals surface area (Å²) in [5.74, 6) is 0.987. The lowest BCUT2D eigenvalue weighted by molar-refractivity contribution is 0.190. The Balaban J connectivity index is 1.87. The van der Waals surface area contributed by atoms with Crippen LogP contribution in [0.4, 0.5) is 5.13 Å². The van der Waals surface area contributed by atoms with Gasteiger partial charge in [-0.15, -0.1) is 0 Å². The molecular formula is C12H22N4S. The van der Waals surface area contributed by atoms with E-state index in [1.165, 1.54) is 30.9 Å². The van der Waals surface area contributed by atoms with Crippen molar-refractivity contribution >= 4 is 16.7 Å². The molecule has 4 nitrogen and oxygen atoms in total. The predicted molar refractivity (Wildman–Crippen MR) is 72.6 cm³/mol. The fourth-order valence-corrected chi connectivity index (χ4v) is 2.92. The largest absolute Gasteiger partial charge is 0.357 e. The fraction of sp³-hybridized carbons (Fsp3) is 0.833. The summed E-state index contributed by atoms with van der Waals surface area (Å²) in [6.45, 7) is 5.61. The number of piperidine rings is 1. The lowest BCUT2D eigenvalue weighted by Crippen LogP contribution is -2.42.